The van der Waals surface area contributed by atoms with Crippen molar-refractivity contribution in [2.45, 2.75) is 52.2 Å². The van der Waals surface area contributed by atoms with Crippen LogP contribution in [0.15, 0.2) is 0 Å². The molecule has 0 heterocycles. The van der Waals surface area contributed by atoms with E-state index >= 15 is 0 Å². The zero-order chi connectivity index (χ0) is 12.6. The second kappa shape index (κ2) is 8.10. The van der Waals surface area contributed by atoms with Gasteiger partial charge in [-0.1, -0.05) is 20.3 Å². The number of carbonyl (C=O) groups excluding carboxylic acids is 1. The van der Waals surface area contributed by atoms with Crippen LogP contribution >= 0.6 is 0 Å². The largest absolute Gasteiger partial charge is 0.480 e. The molecule has 0 aliphatic rings. The van der Waals surface area contributed by atoms with Crippen LogP contribution in [0.1, 0.15) is 40.0 Å². The van der Waals surface area contributed by atoms with E-state index in [9.17, 15) is 9.59 Å². The average Bonchev–Trinajstić information content (AvgIpc) is 2.25. The molecule has 0 aromatic heterocycles. The molecule has 0 saturated heterocycles. The summed E-state index contributed by atoms with van der Waals surface area (Å²) in [7, 11) is 0. The van der Waals surface area contributed by atoms with Crippen molar-refractivity contribution < 1.29 is 19.4 Å². The van der Waals surface area contributed by atoms with Crippen molar-refractivity contribution >= 4 is 11.9 Å². The predicted octanol–water partition coefficient (Wildman–Crippen LogP) is 1.17. The minimum atomic E-state index is -1.00. The SMILES string of the molecule is CCCC(NC(=O)COC(C)CC)C(=O)O. The molecule has 94 valence electrons. The molecule has 0 aliphatic carbocycles. The summed E-state index contributed by atoms with van der Waals surface area (Å²) in [4.78, 5) is 22.1. The van der Waals surface area contributed by atoms with Crippen LogP contribution in [0.4, 0.5) is 0 Å². The van der Waals surface area contributed by atoms with Crippen LogP contribution in [-0.2, 0) is 14.3 Å². The maximum atomic E-state index is 11.4. The Bertz CT molecular complexity index is 230. The third-order valence-corrected chi connectivity index (χ3v) is 2.28. The summed E-state index contributed by atoms with van der Waals surface area (Å²) in [6.07, 6.45) is 1.98. The summed E-state index contributed by atoms with van der Waals surface area (Å²) in [5, 5.41) is 11.3. The maximum Gasteiger partial charge on any atom is 0.326 e. The van der Waals surface area contributed by atoms with E-state index in [1.54, 1.807) is 0 Å². The van der Waals surface area contributed by atoms with Crippen molar-refractivity contribution in [3.8, 4) is 0 Å². The molecule has 0 radical (unpaired) electrons. The van der Waals surface area contributed by atoms with Crippen molar-refractivity contribution in [3.05, 3.63) is 0 Å². The monoisotopic (exact) mass is 231 g/mol. The van der Waals surface area contributed by atoms with Gasteiger partial charge in [0.15, 0.2) is 0 Å². The summed E-state index contributed by atoms with van der Waals surface area (Å²) in [5.74, 6) is -1.38. The molecule has 2 N–H and O–H groups in total. The minimum absolute atomic E-state index is 0.0141. The predicted molar refractivity (Wildman–Crippen MR) is 60.2 cm³/mol. The summed E-state index contributed by atoms with van der Waals surface area (Å²) >= 11 is 0. The first-order valence-electron chi connectivity index (χ1n) is 5.65. The first-order chi connectivity index (χ1) is 7.51. The first-order valence-corrected chi connectivity index (χ1v) is 5.65. The number of carbonyl (C=O) groups is 2. The normalized spacial score (nSPS) is 14.2. The van der Waals surface area contributed by atoms with Crippen molar-refractivity contribution in [1.82, 2.24) is 5.32 Å². The summed E-state index contributed by atoms with van der Waals surface area (Å²) in [5.41, 5.74) is 0. The van der Waals surface area contributed by atoms with Gasteiger partial charge in [-0.3, -0.25) is 4.79 Å². The van der Waals surface area contributed by atoms with Gasteiger partial charge in [-0.05, 0) is 19.8 Å². The van der Waals surface area contributed by atoms with E-state index in [0.29, 0.717) is 12.8 Å². The van der Waals surface area contributed by atoms with Gasteiger partial charge in [0.2, 0.25) is 5.91 Å². The molecule has 2 unspecified atom stereocenters. The summed E-state index contributed by atoms with van der Waals surface area (Å²) < 4.78 is 5.21. The molecule has 16 heavy (non-hydrogen) atoms. The van der Waals surface area contributed by atoms with E-state index in [1.165, 1.54) is 0 Å². The van der Waals surface area contributed by atoms with Crippen LogP contribution in [0, 0.1) is 0 Å². The van der Waals surface area contributed by atoms with Gasteiger partial charge >= 0.3 is 5.97 Å². The van der Waals surface area contributed by atoms with Crippen molar-refractivity contribution in [3.63, 3.8) is 0 Å². The van der Waals surface area contributed by atoms with Crippen LogP contribution in [0.25, 0.3) is 0 Å². The van der Waals surface area contributed by atoms with E-state index in [-0.39, 0.29) is 18.6 Å². The fraction of sp³-hybridized carbons (Fsp3) is 0.818. The average molecular weight is 231 g/mol. The number of hydrogen-bond donors (Lipinski definition) is 2. The highest BCUT2D eigenvalue weighted by molar-refractivity contribution is 5.84. The van der Waals surface area contributed by atoms with Gasteiger partial charge in [-0.2, -0.15) is 0 Å². The lowest BCUT2D eigenvalue weighted by molar-refractivity contribution is -0.143. The lowest BCUT2D eigenvalue weighted by Gasteiger charge is -2.15. The number of rotatable bonds is 8. The molecule has 2 atom stereocenters. The zero-order valence-electron chi connectivity index (χ0n) is 10.2. The number of amides is 1. The lowest BCUT2D eigenvalue weighted by atomic mass is 10.2. The molecule has 0 aromatic carbocycles. The molecule has 5 heteroatoms. The maximum absolute atomic E-state index is 11.4. The molecule has 0 saturated carbocycles. The Balaban J connectivity index is 3.95. The van der Waals surface area contributed by atoms with Crippen LogP contribution in [0.2, 0.25) is 0 Å². The van der Waals surface area contributed by atoms with E-state index < -0.39 is 12.0 Å². The molecule has 0 aromatic rings. The fourth-order valence-electron chi connectivity index (χ4n) is 1.12. The highest BCUT2D eigenvalue weighted by atomic mass is 16.5. The Kier molecular flexibility index (Phi) is 7.54. The number of nitrogens with one attached hydrogen (secondary N) is 1. The third-order valence-electron chi connectivity index (χ3n) is 2.28. The van der Waals surface area contributed by atoms with E-state index in [0.717, 1.165) is 6.42 Å². The van der Waals surface area contributed by atoms with Gasteiger partial charge in [0.1, 0.15) is 12.6 Å². The van der Waals surface area contributed by atoms with Gasteiger partial charge in [-0.25, -0.2) is 4.79 Å². The molecular formula is C11H21NO4. The molecule has 1 amide bonds. The number of carboxylic acid groups (broad SMARTS) is 1. The van der Waals surface area contributed by atoms with Crippen LogP contribution in [0.3, 0.4) is 0 Å². The molecule has 0 aliphatic heterocycles. The number of carboxylic acids is 1. The van der Waals surface area contributed by atoms with Gasteiger partial charge in [0, 0.05) is 0 Å². The van der Waals surface area contributed by atoms with E-state index in [1.807, 2.05) is 20.8 Å². The Morgan fingerprint density at radius 1 is 1.38 bits per heavy atom. The number of hydrogen-bond acceptors (Lipinski definition) is 3. The molecule has 0 rings (SSSR count). The smallest absolute Gasteiger partial charge is 0.326 e. The molecular weight excluding hydrogens is 210 g/mol. The van der Waals surface area contributed by atoms with E-state index in [4.69, 9.17) is 9.84 Å². The Hall–Kier alpha value is -1.10. The highest BCUT2D eigenvalue weighted by Gasteiger charge is 2.18. The van der Waals surface area contributed by atoms with Crippen molar-refractivity contribution in [2.75, 3.05) is 6.61 Å². The Labute approximate surface area is 96.2 Å². The van der Waals surface area contributed by atoms with Crippen molar-refractivity contribution in [1.29, 1.82) is 0 Å². The zero-order valence-corrected chi connectivity index (χ0v) is 10.2. The second-order valence-corrected chi connectivity index (χ2v) is 3.78. The lowest BCUT2D eigenvalue weighted by Crippen LogP contribution is -2.42. The van der Waals surface area contributed by atoms with Gasteiger partial charge in [0.25, 0.3) is 0 Å². The summed E-state index contributed by atoms with van der Waals surface area (Å²) in [6.45, 7) is 5.62. The quantitative estimate of drug-likeness (QED) is 0.657. The van der Waals surface area contributed by atoms with Gasteiger partial charge in [0.05, 0.1) is 6.10 Å². The molecule has 0 bridgehead atoms. The van der Waals surface area contributed by atoms with Crippen LogP contribution < -0.4 is 5.32 Å². The third kappa shape index (κ3) is 6.40. The molecule has 0 spiro atoms. The second-order valence-electron chi connectivity index (χ2n) is 3.78. The van der Waals surface area contributed by atoms with Gasteiger partial charge in [-0.15, -0.1) is 0 Å². The first kappa shape index (κ1) is 14.9. The van der Waals surface area contributed by atoms with Crippen molar-refractivity contribution in [2.24, 2.45) is 0 Å². The highest BCUT2D eigenvalue weighted by Crippen LogP contribution is 1.98. The Morgan fingerprint density at radius 3 is 2.44 bits per heavy atom. The fourth-order valence-corrected chi connectivity index (χ4v) is 1.12. The van der Waals surface area contributed by atoms with E-state index in [2.05, 4.69) is 5.32 Å². The standard InChI is InChI=1S/C11H21NO4/c1-4-6-9(11(14)15)12-10(13)7-16-8(3)5-2/h8-9H,4-7H2,1-3H3,(H,12,13)(H,14,15). The topological polar surface area (TPSA) is 75.6 Å². The van der Waals surface area contributed by atoms with Gasteiger partial charge < -0.3 is 15.2 Å². The molecule has 5 nitrogen and oxygen atoms in total. The number of ether oxygens (including phenoxy) is 1. The summed E-state index contributed by atoms with van der Waals surface area (Å²) in [6, 6.07) is -0.807. The Morgan fingerprint density at radius 2 is 2.00 bits per heavy atom. The number of aliphatic carboxylic acids is 1. The minimum Gasteiger partial charge on any atom is -0.480 e. The molecule has 0 fully saturated rings. The van der Waals surface area contributed by atoms with Crippen LogP contribution in [0.5, 0.6) is 0 Å². The van der Waals surface area contributed by atoms with Crippen LogP contribution in [-0.4, -0.2) is 35.7 Å².